The summed E-state index contributed by atoms with van der Waals surface area (Å²) in [6.45, 7) is 0.517. The number of rotatable bonds is 3. The van der Waals surface area contributed by atoms with Gasteiger partial charge in [-0.05, 0) is 22.0 Å². The second-order valence-electron chi connectivity index (χ2n) is 3.27. The number of hydrogen-bond donors (Lipinski definition) is 2. The van der Waals surface area contributed by atoms with Crippen LogP contribution in [0.5, 0.6) is 0 Å². The highest BCUT2D eigenvalue weighted by atomic mass is 79.9. The molecule has 2 rings (SSSR count). The maximum Gasteiger partial charge on any atom is 0.169 e. The number of nitrogens with zero attached hydrogens (tertiary/aromatic N) is 4. The number of nitrogens with one attached hydrogen (secondary N) is 1. The normalized spacial score (nSPS) is 10.4. The lowest BCUT2D eigenvalue weighted by molar-refractivity contribution is 0.747. The summed E-state index contributed by atoms with van der Waals surface area (Å²) in [5.41, 5.74) is 6.48. The summed E-state index contributed by atoms with van der Waals surface area (Å²) in [5, 5.41) is 7.28. The van der Waals surface area contributed by atoms with Gasteiger partial charge in [0, 0.05) is 17.7 Å². The maximum atomic E-state index is 5.72. The molecule has 16 heavy (non-hydrogen) atoms. The van der Waals surface area contributed by atoms with Crippen LogP contribution in [0.4, 0.5) is 11.5 Å². The van der Waals surface area contributed by atoms with Gasteiger partial charge in [-0.3, -0.25) is 4.68 Å². The van der Waals surface area contributed by atoms with Crippen molar-refractivity contribution in [2.24, 2.45) is 7.05 Å². The van der Waals surface area contributed by atoms with Crippen LogP contribution in [0.2, 0.25) is 0 Å². The monoisotopic (exact) mass is 282 g/mol. The summed E-state index contributed by atoms with van der Waals surface area (Å²) in [5.74, 6) is 1.17. The summed E-state index contributed by atoms with van der Waals surface area (Å²) >= 11 is 3.33. The molecule has 2 aromatic rings. The van der Waals surface area contributed by atoms with Gasteiger partial charge in [0.1, 0.15) is 12.1 Å². The van der Waals surface area contributed by atoms with Gasteiger partial charge in [0.25, 0.3) is 0 Å². The summed E-state index contributed by atoms with van der Waals surface area (Å²) in [7, 11) is 1.82. The Hall–Kier alpha value is -1.63. The Bertz CT molecular complexity index is 494. The van der Waals surface area contributed by atoms with Crippen LogP contribution in [0.1, 0.15) is 5.82 Å². The molecule has 84 valence electrons. The first-order valence-corrected chi connectivity index (χ1v) is 5.44. The van der Waals surface area contributed by atoms with Gasteiger partial charge in [0.05, 0.1) is 12.2 Å². The van der Waals surface area contributed by atoms with Crippen LogP contribution in [0.3, 0.4) is 0 Å². The molecule has 7 heteroatoms. The van der Waals surface area contributed by atoms with Crippen molar-refractivity contribution < 1.29 is 0 Å². The Kier molecular flexibility index (Phi) is 3.04. The van der Waals surface area contributed by atoms with E-state index in [2.05, 4.69) is 36.3 Å². The number of aryl methyl sites for hydroxylation is 1. The molecule has 0 saturated carbocycles. The molecular weight excluding hydrogens is 272 g/mol. The molecular formula is C9H11BrN6. The van der Waals surface area contributed by atoms with Crippen LogP contribution >= 0.6 is 15.9 Å². The van der Waals surface area contributed by atoms with Crippen molar-refractivity contribution in [3.63, 3.8) is 0 Å². The summed E-state index contributed by atoms with van der Waals surface area (Å²) in [6, 6.07) is 1.87. The standard InChI is InChI=1S/C9H11BrN6/c1-16-5-14-8(15-16)4-12-7-2-6(10)3-13-9(7)11/h2-3,5,12H,4H2,1H3,(H2,11,13). The number of pyridine rings is 1. The molecule has 0 bridgehead atoms. The lowest BCUT2D eigenvalue weighted by Crippen LogP contribution is -2.05. The molecule has 6 nitrogen and oxygen atoms in total. The molecule has 0 atom stereocenters. The third-order valence-corrected chi connectivity index (χ3v) is 2.40. The van der Waals surface area contributed by atoms with E-state index >= 15 is 0 Å². The predicted octanol–water partition coefficient (Wildman–Crippen LogP) is 1.17. The Morgan fingerprint density at radius 1 is 1.50 bits per heavy atom. The molecule has 2 heterocycles. The van der Waals surface area contributed by atoms with E-state index in [1.807, 2.05) is 13.1 Å². The Morgan fingerprint density at radius 3 is 3.00 bits per heavy atom. The first-order chi connectivity index (χ1) is 7.65. The molecule has 0 saturated heterocycles. The van der Waals surface area contributed by atoms with Crippen LogP contribution in [0, 0.1) is 0 Å². The van der Waals surface area contributed by atoms with Crippen LogP contribution in [-0.2, 0) is 13.6 Å². The Morgan fingerprint density at radius 2 is 2.31 bits per heavy atom. The first-order valence-electron chi connectivity index (χ1n) is 4.64. The number of anilines is 2. The zero-order valence-electron chi connectivity index (χ0n) is 8.68. The van der Waals surface area contributed by atoms with Crippen molar-refractivity contribution >= 4 is 27.4 Å². The number of halogens is 1. The number of hydrogen-bond acceptors (Lipinski definition) is 5. The van der Waals surface area contributed by atoms with Gasteiger partial charge in [-0.15, -0.1) is 0 Å². The summed E-state index contributed by atoms with van der Waals surface area (Å²) in [6.07, 6.45) is 3.30. The van der Waals surface area contributed by atoms with Crippen LogP contribution in [0.25, 0.3) is 0 Å². The first kappa shape index (κ1) is 10.9. The molecule has 0 spiro atoms. The number of nitrogen functional groups attached to an aromatic ring is 1. The molecule has 3 N–H and O–H groups in total. The van der Waals surface area contributed by atoms with E-state index in [9.17, 15) is 0 Å². The zero-order valence-corrected chi connectivity index (χ0v) is 10.3. The Labute approximate surface area is 101 Å². The lowest BCUT2D eigenvalue weighted by Gasteiger charge is -2.06. The van der Waals surface area contributed by atoms with Gasteiger partial charge in [0.15, 0.2) is 5.82 Å². The molecule has 0 aliphatic heterocycles. The minimum Gasteiger partial charge on any atom is -0.382 e. The van der Waals surface area contributed by atoms with Crippen LogP contribution < -0.4 is 11.1 Å². The average molecular weight is 283 g/mol. The van der Waals surface area contributed by atoms with E-state index < -0.39 is 0 Å². The number of aromatic nitrogens is 4. The largest absolute Gasteiger partial charge is 0.382 e. The minimum absolute atomic E-state index is 0.458. The molecule has 0 radical (unpaired) electrons. The third kappa shape index (κ3) is 2.48. The van der Waals surface area contributed by atoms with E-state index in [0.717, 1.165) is 10.2 Å². The molecule has 0 aliphatic carbocycles. The topological polar surface area (TPSA) is 81.7 Å². The maximum absolute atomic E-state index is 5.72. The van der Waals surface area contributed by atoms with E-state index in [1.54, 1.807) is 17.2 Å². The summed E-state index contributed by atoms with van der Waals surface area (Å²) < 4.78 is 2.53. The zero-order chi connectivity index (χ0) is 11.5. The summed E-state index contributed by atoms with van der Waals surface area (Å²) in [4.78, 5) is 8.12. The molecule has 0 aliphatic rings. The fourth-order valence-corrected chi connectivity index (χ4v) is 1.56. The van der Waals surface area contributed by atoms with Crippen molar-refractivity contribution in [3.05, 3.63) is 28.9 Å². The van der Waals surface area contributed by atoms with Gasteiger partial charge in [-0.1, -0.05) is 0 Å². The lowest BCUT2D eigenvalue weighted by atomic mass is 10.4. The van der Waals surface area contributed by atoms with E-state index in [1.165, 1.54) is 0 Å². The molecule has 0 aromatic carbocycles. The van der Waals surface area contributed by atoms with Crippen molar-refractivity contribution in [2.75, 3.05) is 11.1 Å². The smallest absolute Gasteiger partial charge is 0.169 e. The van der Waals surface area contributed by atoms with Gasteiger partial charge in [-0.25, -0.2) is 9.97 Å². The minimum atomic E-state index is 0.458. The highest BCUT2D eigenvalue weighted by Crippen LogP contribution is 2.20. The van der Waals surface area contributed by atoms with Crippen LogP contribution in [-0.4, -0.2) is 19.7 Å². The van der Waals surface area contributed by atoms with Crippen LogP contribution in [0.15, 0.2) is 23.1 Å². The second kappa shape index (κ2) is 4.48. The van der Waals surface area contributed by atoms with Gasteiger partial charge in [0.2, 0.25) is 0 Å². The Balaban J connectivity index is 2.07. The predicted molar refractivity (Wildman–Crippen MR) is 64.7 cm³/mol. The molecule has 0 unspecified atom stereocenters. The molecule has 0 fully saturated rings. The van der Waals surface area contributed by atoms with Crippen molar-refractivity contribution in [1.29, 1.82) is 0 Å². The SMILES string of the molecule is Cn1cnc(CNc2cc(Br)cnc2N)n1. The highest BCUT2D eigenvalue weighted by Gasteiger charge is 2.03. The fourth-order valence-electron chi connectivity index (χ4n) is 1.23. The van der Waals surface area contributed by atoms with Crippen molar-refractivity contribution in [2.45, 2.75) is 6.54 Å². The quantitative estimate of drug-likeness (QED) is 0.883. The average Bonchev–Trinajstić information content (AvgIpc) is 2.66. The van der Waals surface area contributed by atoms with Crippen molar-refractivity contribution in [1.82, 2.24) is 19.7 Å². The van der Waals surface area contributed by atoms with Crippen molar-refractivity contribution in [3.8, 4) is 0 Å². The molecule has 0 amide bonds. The van der Waals surface area contributed by atoms with E-state index in [-0.39, 0.29) is 0 Å². The van der Waals surface area contributed by atoms with Gasteiger partial charge >= 0.3 is 0 Å². The fraction of sp³-hybridized carbons (Fsp3) is 0.222. The van der Waals surface area contributed by atoms with E-state index in [0.29, 0.717) is 18.2 Å². The van der Waals surface area contributed by atoms with E-state index in [4.69, 9.17) is 5.73 Å². The number of nitrogens with two attached hydrogens (primary N) is 1. The molecule has 2 aromatic heterocycles. The third-order valence-electron chi connectivity index (χ3n) is 1.97. The highest BCUT2D eigenvalue weighted by molar-refractivity contribution is 9.10. The second-order valence-corrected chi connectivity index (χ2v) is 4.19. The van der Waals surface area contributed by atoms with Gasteiger partial charge in [-0.2, -0.15) is 5.10 Å². The van der Waals surface area contributed by atoms with Gasteiger partial charge < -0.3 is 11.1 Å².